The van der Waals surface area contributed by atoms with Gasteiger partial charge in [0.05, 0.1) is 12.8 Å². The van der Waals surface area contributed by atoms with Gasteiger partial charge in [-0.1, -0.05) is 26.0 Å². The van der Waals surface area contributed by atoms with Gasteiger partial charge in [0.2, 0.25) is 11.7 Å². The van der Waals surface area contributed by atoms with Gasteiger partial charge in [-0.2, -0.15) is 5.10 Å². The number of hydrogen-bond donors (Lipinski definition) is 4. The van der Waals surface area contributed by atoms with E-state index in [4.69, 9.17) is 4.74 Å². The average Bonchev–Trinajstić information content (AvgIpc) is 2.62. The maximum Gasteiger partial charge on any atom is 0.342 e. The summed E-state index contributed by atoms with van der Waals surface area (Å²) in [6, 6.07) is 7.39. The molecule has 27 heavy (non-hydrogen) atoms. The van der Waals surface area contributed by atoms with Crippen molar-refractivity contribution in [1.29, 1.82) is 0 Å². The highest BCUT2D eigenvalue weighted by Gasteiger charge is 2.05. The second-order valence-corrected chi connectivity index (χ2v) is 6.07. The molecule has 0 spiro atoms. The number of ether oxygens (including phenoxy) is 1. The van der Waals surface area contributed by atoms with Crippen LogP contribution in [-0.4, -0.2) is 40.5 Å². The van der Waals surface area contributed by atoms with Crippen LogP contribution < -0.4 is 26.7 Å². The third-order valence-electron chi connectivity index (χ3n) is 3.24. The molecule has 10 heteroatoms. The van der Waals surface area contributed by atoms with E-state index in [9.17, 15) is 14.4 Å². The van der Waals surface area contributed by atoms with Gasteiger partial charge in [0.1, 0.15) is 5.75 Å². The molecule has 0 aliphatic rings. The smallest absolute Gasteiger partial charge is 0.342 e. The fourth-order valence-corrected chi connectivity index (χ4v) is 1.97. The highest BCUT2D eigenvalue weighted by molar-refractivity contribution is 5.85. The molecule has 0 aliphatic heterocycles. The highest BCUT2D eigenvalue weighted by Crippen LogP contribution is 2.16. The molecule has 0 aliphatic carbocycles. The van der Waals surface area contributed by atoms with Crippen LogP contribution >= 0.6 is 0 Å². The van der Waals surface area contributed by atoms with Gasteiger partial charge >= 0.3 is 5.69 Å². The van der Waals surface area contributed by atoms with Crippen molar-refractivity contribution in [3.05, 3.63) is 50.7 Å². The van der Waals surface area contributed by atoms with Gasteiger partial charge in [-0.25, -0.2) is 15.3 Å². The summed E-state index contributed by atoms with van der Waals surface area (Å²) in [7, 11) is 0. The van der Waals surface area contributed by atoms with Crippen LogP contribution in [0.5, 0.6) is 5.75 Å². The largest absolute Gasteiger partial charge is 0.493 e. The number of aromatic nitrogens is 3. The fraction of sp³-hybridized carbons (Fsp3) is 0.353. The minimum atomic E-state index is -0.699. The van der Waals surface area contributed by atoms with E-state index in [0.717, 1.165) is 5.56 Å². The van der Waals surface area contributed by atoms with Crippen LogP contribution in [0.1, 0.15) is 25.8 Å². The number of rotatable bonds is 9. The van der Waals surface area contributed by atoms with Crippen LogP contribution in [0, 0.1) is 5.92 Å². The lowest BCUT2D eigenvalue weighted by Gasteiger charge is -2.10. The van der Waals surface area contributed by atoms with E-state index in [1.165, 1.54) is 6.21 Å². The molecule has 0 fully saturated rings. The van der Waals surface area contributed by atoms with Crippen molar-refractivity contribution in [3.8, 4) is 5.75 Å². The number of nitrogens with one attached hydrogen (secondary N) is 4. The average molecular weight is 374 g/mol. The number of hydrogen-bond acceptors (Lipinski definition) is 7. The third-order valence-corrected chi connectivity index (χ3v) is 3.24. The topological polar surface area (TPSA) is 141 Å². The molecule has 0 radical (unpaired) electrons. The van der Waals surface area contributed by atoms with Gasteiger partial charge < -0.3 is 10.1 Å². The van der Waals surface area contributed by atoms with Crippen LogP contribution in [0.2, 0.25) is 0 Å². The number of anilines is 1. The molecule has 0 atom stereocenters. The maximum absolute atomic E-state index is 11.8. The Morgan fingerprint density at radius 3 is 2.85 bits per heavy atom. The normalized spacial score (nSPS) is 10.9. The zero-order valence-corrected chi connectivity index (χ0v) is 15.1. The van der Waals surface area contributed by atoms with E-state index >= 15 is 0 Å². The van der Waals surface area contributed by atoms with Gasteiger partial charge in [0.15, 0.2) is 0 Å². The van der Waals surface area contributed by atoms with Gasteiger partial charge in [-0.3, -0.25) is 14.6 Å². The summed E-state index contributed by atoms with van der Waals surface area (Å²) in [5, 5.41) is 12.2. The van der Waals surface area contributed by atoms with Gasteiger partial charge in [-0.05, 0) is 18.1 Å². The van der Waals surface area contributed by atoms with Crippen molar-refractivity contribution in [2.75, 3.05) is 18.5 Å². The van der Waals surface area contributed by atoms with E-state index in [0.29, 0.717) is 18.3 Å². The van der Waals surface area contributed by atoms with Crippen molar-refractivity contribution in [3.63, 3.8) is 0 Å². The number of H-pyrrole nitrogens is 2. The quantitative estimate of drug-likeness (QED) is 0.371. The summed E-state index contributed by atoms with van der Waals surface area (Å²) in [4.78, 5) is 36.1. The Balaban J connectivity index is 1.81. The summed E-state index contributed by atoms with van der Waals surface area (Å²) in [6.07, 6.45) is 1.57. The number of amides is 1. The van der Waals surface area contributed by atoms with Crippen molar-refractivity contribution in [2.24, 2.45) is 11.0 Å². The molecule has 1 aromatic carbocycles. The summed E-state index contributed by atoms with van der Waals surface area (Å²) in [5.74, 6) is 0.669. The summed E-state index contributed by atoms with van der Waals surface area (Å²) in [5.41, 5.74) is 1.80. The second-order valence-electron chi connectivity index (χ2n) is 6.07. The first-order chi connectivity index (χ1) is 13.0. The Morgan fingerprint density at radius 1 is 1.33 bits per heavy atom. The van der Waals surface area contributed by atoms with Crippen molar-refractivity contribution in [2.45, 2.75) is 20.3 Å². The molecular formula is C17H22N6O4. The van der Waals surface area contributed by atoms with E-state index in [2.05, 4.69) is 39.9 Å². The minimum absolute atomic E-state index is 0.0586. The number of carbonyl (C=O) groups is 1. The zero-order valence-electron chi connectivity index (χ0n) is 15.1. The van der Waals surface area contributed by atoms with Crippen molar-refractivity contribution >= 4 is 17.9 Å². The predicted molar refractivity (Wildman–Crippen MR) is 101 cm³/mol. The molecule has 0 saturated heterocycles. The number of hydrazone groups is 1. The van der Waals surface area contributed by atoms with E-state index < -0.39 is 11.2 Å². The van der Waals surface area contributed by atoms with E-state index in [-0.39, 0.29) is 24.7 Å². The Hall–Kier alpha value is -3.43. The number of nitrogens with zero attached hydrogens (tertiary/aromatic N) is 2. The molecule has 0 bridgehead atoms. The van der Waals surface area contributed by atoms with Gasteiger partial charge in [-0.15, -0.1) is 5.10 Å². The molecule has 10 nitrogen and oxygen atoms in total. The standard InChI is InChI=1S/C17H22N6O4/c1-11(2)10-27-13-6-4-3-5-12(13)9-19-21-14(24)7-8-18-15-16(25)20-17(26)23-22-15/h3-6,9,11H,7-8,10H2,1-2H3,(H,18,22)(H,21,24)(H2,20,23,25,26)/b19-9+. The van der Waals surface area contributed by atoms with Crippen LogP contribution in [0.4, 0.5) is 5.82 Å². The van der Waals surface area contributed by atoms with Crippen molar-refractivity contribution < 1.29 is 9.53 Å². The maximum atomic E-state index is 11.8. The number of benzene rings is 1. The summed E-state index contributed by atoms with van der Waals surface area (Å²) in [6.45, 7) is 4.85. The first kappa shape index (κ1) is 19.9. The molecule has 144 valence electrons. The number of aromatic amines is 2. The summed E-state index contributed by atoms with van der Waals surface area (Å²) < 4.78 is 5.71. The van der Waals surface area contributed by atoms with Crippen LogP contribution in [0.25, 0.3) is 0 Å². The Labute approximate surface area is 155 Å². The third kappa shape index (κ3) is 6.77. The Morgan fingerprint density at radius 2 is 2.11 bits per heavy atom. The van der Waals surface area contributed by atoms with E-state index in [1.807, 2.05) is 29.2 Å². The van der Waals surface area contributed by atoms with Gasteiger partial charge in [0.25, 0.3) is 5.56 Å². The second kappa shape index (κ2) is 9.90. The molecule has 2 rings (SSSR count). The molecule has 1 heterocycles. The molecule has 2 aromatic rings. The van der Waals surface area contributed by atoms with Crippen LogP contribution in [0.15, 0.2) is 39.0 Å². The lowest BCUT2D eigenvalue weighted by molar-refractivity contribution is -0.120. The van der Waals surface area contributed by atoms with Crippen LogP contribution in [0.3, 0.4) is 0 Å². The predicted octanol–water partition coefficient (Wildman–Crippen LogP) is 0.445. The zero-order chi connectivity index (χ0) is 19.6. The SMILES string of the molecule is CC(C)COc1ccccc1/C=N/NC(=O)CCNc1n[nH]c(=O)[nH]c1=O. The molecule has 1 aromatic heterocycles. The highest BCUT2D eigenvalue weighted by atomic mass is 16.5. The van der Waals surface area contributed by atoms with Crippen molar-refractivity contribution in [1.82, 2.24) is 20.6 Å². The Kier molecular flexibility index (Phi) is 7.29. The lowest BCUT2D eigenvalue weighted by Crippen LogP contribution is -2.28. The first-order valence-corrected chi connectivity index (χ1v) is 8.42. The monoisotopic (exact) mass is 374 g/mol. The minimum Gasteiger partial charge on any atom is -0.493 e. The Bertz CT molecular complexity index is 903. The van der Waals surface area contributed by atoms with Crippen LogP contribution in [-0.2, 0) is 4.79 Å². The first-order valence-electron chi connectivity index (χ1n) is 8.42. The fourth-order valence-electron chi connectivity index (χ4n) is 1.97. The summed E-state index contributed by atoms with van der Waals surface area (Å²) >= 11 is 0. The number of carbonyl (C=O) groups excluding carboxylic acids is 1. The molecular weight excluding hydrogens is 352 g/mol. The molecule has 4 N–H and O–H groups in total. The van der Waals surface area contributed by atoms with Gasteiger partial charge in [0, 0.05) is 18.5 Å². The molecule has 0 unspecified atom stereocenters. The molecule has 1 amide bonds. The molecule has 0 saturated carbocycles. The van der Waals surface area contributed by atoms with E-state index in [1.54, 1.807) is 0 Å². The number of para-hydroxylation sites is 1. The lowest BCUT2D eigenvalue weighted by atomic mass is 10.2.